The van der Waals surface area contributed by atoms with Gasteiger partial charge >= 0.3 is 11.0 Å². The van der Waals surface area contributed by atoms with Gasteiger partial charge < -0.3 is 5.32 Å². The molecule has 1 aromatic heterocycles. The van der Waals surface area contributed by atoms with Crippen LogP contribution in [0.5, 0.6) is 0 Å². The van der Waals surface area contributed by atoms with Crippen LogP contribution in [0, 0.1) is 0 Å². The van der Waals surface area contributed by atoms with Crippen LogP contribution in [0.2, 0.25) is 0 Å². The van der Waals surface area contributed by atoms with Gasteiger partial charge in [-0.05, 0) is 49.7 Å². The van der Waals surface area contributed by atoms with Crippen LogP contribution < -0.4 is 14.5 Å². The zero-order valence-corrected chi connectivity index (χ0v) is 19.5. The highest BCUT2D eigenvalue weighted by atomic mass is 32.2. The molecule has 2 aromatic carbocycles. The number of carbonyl (C=O) groups is 1. The molecule has 0 aliphatic heterocycles. The molecule has 0 atom stereocenters. The van der Waals surface area contributed by atoms with E-state index in [2.05, 4.69) is 5.32 Å². The summed E-state index contributed by atoms with van der Waals surface area (Å²) in [7, 11) is -3.86. The number of halogens is 3. The first kappa shape index (κ1) is 24.8. The van der Waals surface area contributed by atoms with Crippen LogP contribution >= 0.6 is 11.3 Å². The number of aryl methyl sites for hydroxylation is 1. The van der Waals surface area contributed by atoms with E-state index in [1.807, 2.05) is 6.92 Å². The van der Waals surface area contributed by atoms with Crippen LogP contribution in [0.3, 0.4) is 0 Å². The average Bonchev–Trinajstić information content (AvgIpc) is 3.03. The summed E-state index contributed by atoms with van der Waals surface area (Å²) in [6.07, 6.45) is -3.66. The van der Waals surface area contributed by atoms with Crippen molar-refractivity contribution in [3.05, 3.63) is 57.7 Å². The molecular formula is C21H22F3N3O4S2. The zero-order valence-electron chi connectivity index (χ0n) is 17.8. The molecule has 0 aliphatic rings. The van der Waals surface area contributed by atoms with Crippen molar-refractivity contribution < 1.29 is 26.4 Å². The topological polar surface area (TPSA) is 88.5 Å². The Kier molecular flexibility index (Phi) is 7.17. The minimum Gasteiger partial charge on any atom is -0.326 e. The molecule has 12 heteroatoms. The van der Waals surface area contributed by atoms with Crippen LogP contribution in [0.15, 0.2) is 47.3 Å². The standard InChI is InChI=1S/C21H22F3N3O4S2/c1-3-26-17-10-9-15(13-18(17)32-20(26)29)25-19(28)8-5-11-27(33(2,30)31)16-7-4-6-14(12-16)21(22,23)24/h4,6-7,9-10,12-13H,3,5,8,11H2,1-2H3,(H,25,28). The Morgan fingerprint density at radius 1 is 1.18 bits per heavy atom. The number of hydrogen-bond acceptors (Lipinski definition) is 5. The van der Waals surface area contributed by atoms with E-state index in [-0.39, 0.29) is 35.9 Å². The number of amides is 1. The van der Waals surface area contributed by atoms with Crippen molar-refractivity contribution in [2.24, 2.45) is 0 Å². The van der Waals surface area contributed by atoms with Gasteiger partial charge in [-0.3, -0.25) is 18.5 Å². The van der Waals surface area contributed by atoms with Gasteiger partial charge in [0.15, 0.2) is 0 Å². The summed E-state index contributed by atoms with van der Waals surface area (Å²) < 4.78 is 66.5. The van der Waals surface area contributed by atoms with Gasteiger partial charge in [0.2, 0.25) is 15.9 Å². The fourth-order valence-electron chi connectivity index (χ4n) is 3.37. The van der Waals surface area contributed by atoms with E-state index in [1.54, 1.807) is 22.8 Å². The molecule has 7 nitrogen and oxygen atoms in total. The second-order valence-electron chi connectivity index (χ2n) is 7.33. The molecule has 0 unspecified atom stereocenters. The molecule has 3 aromatic rings. The summed E-state index contributed by atoms with van der Waals surface area (Å²) in [5.41, 5.74) is 0.194. The number of benzene rings is 2. The van der Waals surface area contributed by atoms with Crippen molar-refractivity contribution in [2.45, 2.75) is 32.5 Å². The van der Waals surface area contributed by atoms with Crippen LogP contribution in [0.25, 0.3) is 10.2 Å². The van der Waals surface area contributed by atoms with Crippen LogP contribution in [-0.4, -0.2) is 31.7 Å². The smallest absolute Gasteiger partial charge is 0.326 e. The molecular weight excluding hydrogens is 479 g/mol. The van der Waals surface area contributed by atoms with E-state index in [9.17, 15) is 31.2 Å². The first-order chi connectivity index (χ1) is 15.4. The molecule has 0 aliphatic carbocycles. The highest BCUT2D eigenvalue weighted by molar-refractivity contribution is 7.92. The zero-order chi connectivity index (χ0) is 24.4. The minimum absolute atomic E-state index is 0.0464. The summed E-state index contributed by atoms with van der Waals surface area (Å²) in [5, 5.41) is 2.70. The van der Waals surface area contributed by atoms with Gasteiger partial charge in [0.25, 0.3) is 0 Å². The van der Waals surface area contributed by atoms with Gasteiger partial charge in [0.1, 0.15) is 0 Å². The Morgan fingerprint density at radius 2 is 1.91 bits per heavy atom. The van der Waals surface area contributed by atoms with Gasteiger partial charge in [-0.1, -0.05) is 17.4 Å². The molecule has 178 valence electrons. The summed E-state index contributed by atoms with van der Waals surface area (Å²) in [4.78, 5) is 24.2. The average molecular weight is 502 g/mol. The fourth-order valence-corrected chi connectivity index (χ4v) is 5.33. The van der Waals surface area contributed by atoms with Crippen molar-refractivity contribution in [3.63, 3.8) is 0 Å². The van der Waals surface area contributed by atoms with Crippen molar-refractivity contribution in [2.75, 3.05) is 22.4 Å². The van der Waals surface area contributed by atoms with E-state index in [0.717, 1.165) is 50.3 Å². The second-order valence-corrected chi connectivity index (χ2v) is 10.2. The van der Waals surface area contributed by atoms with Gasteiger partial charge in [-0.15, -0.1) is 0 Å². The van der Waals surface area contributed by atoms with Crippen LogP contribution in [-0.2, 0) is 27.5 Å². The Morgan fingerprint density at radius 3 is 2.55 bits per heavy atom. The monoisotopic (exact) mass is 501 g/mol. The quantitative estimate of drug-likeness (QED) is 0.499. The SMILES string of the molecule is CCn1c(=O)sc2cc(NC(=O)CCCN(c3cccc(C(F)(F)F)c3)S(C)(=O)=O)ccc21. The summed E-state index contributed by atoms with van der Waals surface area (Å²) in [6, 6.07) is 9.15. The number of thiazole rings is 1. The molecule has 33 heavy (non-hydrogen) atoms. The highest BCUT2D eigenvalue weighted by Gasteiger charge is 2.31. The first-order valence-corrected chi connectivity index (χ1v) is 12.6. The Bertz CT molecular complexity index is 1330. The lowest BCUT2D eigenvalue weighted by atomic mass is 10.2. The Labute approximate surface area is 192 Å². The number of nitrogens with zero attached hydrogens (tertiary/aromatic N) is 2. The van der Waals surface area contributed by atoms with Crippen LogP contribution in [0.4, 0.5) is 24.5 Å². The summed E-state index contributed by atoms with van der Waals surface area (Å²) in [6.45, 7) is 2.24. The molecule has 0 bridgehead atoms. The van der Waals surface area contributed by atoms with E-state index in [0.29, 0.717) is 12.2 Å². The molecule has 0 spiro atoms. The van der Waals surface area contributed by atoms with E-state index < -0.39 is 21.8 Å². The number of fused-ring (bicyclic) bond motifs is 1. The van der Waals surface area contributed by atoms with E-state index in [1.165, 1.54) is 6.07 Å². The number of aromatic nitrogens is 1. The van der Waals surface area contributed by atoms with E-state index >= 15 is 0 Å². The lowest BCUT2D eigenvalue weighted by Crippen LogP contribution is -2.31. The van der Waals surface area contributed by atoms with Crippen molar-refractivity contribution in [1.82, 2.24) is 4.57 Å². The number of carbonyl (C=O) groups excluding carboxylic acids is 1. The van der Waals surface area contributed by atoms with Gasteiger partial charge in [-0.25, -0.2) is 8.42 Å². The molecule has 1 heterocycles. The number of nitrogens with one attached hydrogen (secondary N) is 1. The lowest BCUT2D eigenvalue weighted by Gasteiger charge is -2.23. The second kappa shape index (κ2) is 9.56. The molecule has 0 saturated carbocycles. The maximum absolute atomic E-state index is 13.0. The summed E-state index contributed by atoms with van der Waals surface area (Å²) in [5.74, 6) is -0.380. The van der Waals surface area contributed by atoms with Gasteiger partial charge in [0, 0.05) is 25.2 Å². The first-order valence-electron chi connectivity index (χ1n) is 9.98. The Hall–Kier alpha value is -2.86. The predicted molar refractivity (Wildman–Crippen MR) is 123 cm³/mol. The fraction of sp³-hybridized carbons (Fsp3) is 0.333. The molecule has 0 fully saturated rings. The molecule has 0 radical (unpaired) electrons. The third-order valence-electron chi connectivity index (χ3n) is 4.90. The third kappa shape index (κ3) is 5.93. The number of hydrogen-bond donors (Lipinski definition) is 1. The predicted octanol–water partition coefficient (Wildman–Crippen LogP) is 4.29. The maximum Gasteiger partial charge on any atom is 0.416 e. The molecule has 3 rings (SSSR count). The maximum atomic E-state index is 13.0. The highest BCUT2D eigenvalue weighted by Crippen LogP contribution is 2.32. The number of anilines is 2. The summed E-state index contributed by atoms with van der Waals surface area (Å²) >= 11 is 1.07. The lowest BCUT2D eigenvalue weighted by molar-refractivity contribution is -0.137. The van der Waals surface area contributed by atoms with Gasteiger partial charge in [-0.2, -0.15) is 13.2 Å². The number of sulfonamides is 1. The van der Waals surface area contributed by atoms with Gasteiger partial charge in [0.05, 0.1) is 27.7 Å². The van der Waals surface area contributed by atoms with E-state index in [4.69, 9.17) is 0 Å². The molecule has 0 saturated heterocycles. The van der Waals surface area contributed by atoms with Crippen molar-refractivity contribution in [3.8, 4) is 0 Å². The normalized spacial score (nSPS) is 12.2. The molecule has 1 amide bonds. The largest absolute Gasteiger partial charge is 0.416 e. The number of rotatable bonds is 8. The third-order valence-corrected chi connectivity index (χ3v) is 7.03. The molecule has 1 N–H and O–H groups in total. The number of alkyl halides is 3. The van der Waals surface area contributed by atoms with Crippen molar-refractivity contribution >= 4 is 48.9 Å². The van der Waals surface area contributed by atoms with Crippen LogP contribution in [0.1, 0.15) is 25.3 Å². The minimum atomic E-state index is -4.61. The van der Waals surface area contributed by atoms with Crippen molar-refractivity contribution in [1.29, 1.82) is 0 Å². The Balaban J connectivity index is 1.66.